The fourth-order valence-electron chi connectivity index (χ4n) is 2.95. The highest BCUT2D eigenvalue weighted by Gasteiger charge is 2.15. The van der Waals surface area contributed by atoms with Crippen molar-refractivity contribution in [3.63, 3.8) is 0 Å². The van der Waals surface area contributed by atoms with Crippen molar-refractivity contribution in [1.82, 2.24) is 14.8 Å². The van der Waals surface area contributed by atoms with E-state index in [0.29, 0.717) is 21.8 Å². The second kappa shape index (κ2) is 8.11. The van der Waals surface area contributed by atoms with Crippen LogP contribution in [0.2, 0.25) is 0 Å². The van der Waals surface area contributed by atoms with Crippen LogP contribution in [0, 0.1) is 28.4 Å². The first-order valence-corrected chi connectivity index (χ1v) is 9.87. The van der Waals surface area contributed by atoms with E-state index in [1.807, 2.05) is 48.8 Å². The van der Waals surface area contributed by atoms with Crippen LogP contribution in [0.25, 0.3) is 28.6 Å². The molecule has 0 bridgehead atoms. The van der Waals surface area contributed by atoms with Gasteiger partial charge in [0.25, 0.3) is 5.69 Å². The van der Waals surface area contributed by atoms with E-state index in [2.05, 4.69) is 16.2 Å². The summed E-state index contributed by atoms with van der Waals surface area (Å²) in [7, 11) is 0. The van der Waals surface area contributed by atoms with Crippen molar-refractivity contribution in [2.24, 2.45) is 0 Å². The van der Waals surface area contributed by atoms with Gasteiger partial charge in [-0.1, -0.05) is 18.2 Å². The van der Waals surface area contributed by atoms with E-state index in [4.69, 9.17) is 0 Å². The number of hydrogen-bond donors (Lipinski definition) is 0. The van der Waals surface area contributed by atoms with E-state index in [0.717, 1.165) is 16.9 Å². The average molecular weight is 413 g/mol. The van der Waals surface area contributed by atoms with E-state index in [1.54, 1.807) is 22.9 Å². The molecular weight excluding hydrogens is 398 g/mol. The highest BCUT2D eigenvalue weighted by atomic mass is 32.1. The molecule has 146 valence electrons. The number of rotatable bonds is 5. The molecule has 4 aromatic rings. The topological polar surface area (TPSA) is 97.6 Å². The zero-order chi connectivity index (χ0) is 21.1. The van der Waals surface area contributed by atoms with Crippen LogP contribution >= 0.6 is 11.3 Å². The van der Waals surface area contributed by atoms with Crippen molar-refractivity contribution in [2.45, 2.75) is 6.92 Å². The molecule has 0 N–H and O–H groups in total. The van der Waals surface area contributed by atoms with Crippen LogP contribution in [-0.4, -0.2) is 19.7 Å². The van der Waals surface area contributed by atoms with Gasteiger partial charge in [-0.3, -0.25) is 10.1 Å². The van der Waals surface area contributed by atoms with Crippen LogP contribution in [0.15, 0.2) is 66.2 Å². The minimum absolute atomic E-state index is 0.00862. The summed E-state index contributed by atoms with van der Waals surface area (Å²) in [5.41, 5.74) is 4.22. The minimum atomic E-state index is -0.439. The third-order valence-electron chi connectivity index (χ3n) is 4.38. The number of non-ortho nitro benzene ring substituents is 1. The number of thiazole rings is 1. The van der Waals surface area contributed by atoms with Gasteiger partial charge in [0.2, 0.25) is 0 Å². The Morgan fingerprint density at radius 2 is 1.93 bits per heavy atom. The van der Waals surface area contributed by atoms with Crippen LogP contribution in [0.1, 0.15) is 16.3 Å². The van der Waals surface area contributed by atoms with Gasteiger partial charge in [-0.2, -0.15) is 10.4 Å². The van der Waals surface area contributed by atoms with Crippen molar-refractivity contribution in [2.75, 3.05) is 0 Å². The lowest BCUT2D eigenvalue weighted by atomic mass is 10.1. The van der Waals surface area contributed by atoms with Crippen LogP contribution in [0.5, 0.6) is 0 Å². The van der Waals surface area contributed by atoms with Gasteiger partial charge >= 0.3 is 0 Å². The van der Waals surface area contributed by atoms with Crippen molar-refractivity contribution in [3.05, 3.63) is 92.6 Å². The van der Waals surface area contributed by atoms with Gasteiger partial charge in [-0.25, -0.2) is 9.67 Å². The number of nitro benzene ring substituents is 1. The lowest BCUT2D eigenvalue weighted by Gasteiger charge is -2.01. The van der Waals surface area contributed by atoms with E-state index < -0.39 is 4.92 Å². The number of nitrogens with zero attached hydrogens (tertiary/aromatic N) is 5. The van der Waals surface area contributed by atoms with Crippen molar-refractivity contribution in [1.29, 1.82) is 5.26 Å². The summed E-state index contributed by atoms with van der Waals surface area (Å²) in [4.78, 5) is 14.9. The molecule has 0 radical (unpaired) electrons. The number of para-hydroxylation sites is 1. The maximum absolute atomic E-state index is 11.0. The second-order valence-electron chi connectivity index (χ2n) is 6.48. The minimum Gasteiger partial charge on any atom is -0.258 e. The molecule has 4 rings (SSSR count). The molecule has 7 nitrogen and oxygen atoms in total. The Hall–Kier alpha value is -4.09. The Morgan fingerprint density at radius 1 is 1.20 bits per heavy atom. The summed E-state index contributed by atoms with van der Waals surface area (Å²) >= 11 is 1.41. The van der Waals surface area contributed by atoms with Gasteiger partial charge in [0.1, 0.15) is 11.1 Å². The number of allylic oxidation sites excluding steroid dienone is 1. The summed E-state index contributed by atoms with van der Waals surface area (Å²) in [6, 6.07) is 18.0. The number of aromatic nitrogens is 3. The van der Waals surface area contributed by atoms with Crippen LogP contribution in [0.3, 0.4) is 0 Å². The maximum Gasteiger partial charge on any atom is 0.269 e. The van der Waals surface area contributed by atoms with Crippen LogP contribution < -0.4 is 0 Å². The number of nitriles is 1. The maximum atomic E-state index is 11.0. The summed E-state index contributed by atoms with van der Waals surface area (Å²) in [5, 5.41) is 27.9. The van der Waals surface area contributed by atoms with Crippen LogP contribution in [-0.2, 0) is 0 Å². The molecule has 8 heteroatoms. The van der Waals surface area contributed by atoms with Gasteiger partial charge < -0.3 is 0 Å². The van der Waals surface area contributed by atoms with E-state index >= 15 is 0 Å². The molecule has 2 aromatic carbocycles. The van der Waals surface area contributed by atoms with Gasteiger partial charge in [-0.05, 0) is 37.3 Å². The van der Waals surface area contributed by atoms with Gasteiger partial charge in [0, 0.05) is 40.5 Å². The molecule has 2 aromatic heterocycles. The number of benzene rings is 2. The van der Waals surface area contributed by atoms with Crippen LogP contribution in [0.4, 0.5) is 5.69 Å². The SMILES string of the molecule is Cc1csc(/C(C#N)=C/c2cn(-c3ccccc3)nc2-c2ccc([N+](=O)[O-])cc2)n1. The molecular formula is C22H15N5O2S. The molecule has 0 aliphatic rings. The molecule has 0 unspecified atom stereocenters. The summed E-state index contributed by atoms with van der Waals surface area (Å²) in [6.45, 7) is 1.88. The number of nitro groups is 1. The molecule has 0 saturated heterocycles. The van der Waals surface area contributed by atoms with Crippen molar-refractivity contribution in [3.8, 4) is 23.0 Å². The number of hydrogen-bond acceptors (Lipinski definition) is 6. The molecule has 0 amide bonds. The monoisotopic (exact) mass is 413 g/mol. The molecule has 0 aliphatic heterocycles. The Morgan fingerprint density at radius 3 is 2.53 bits per heavy atom. The van der Waals surface area contributed by atoms with E-state index in [1.165, 1.54) is 23.5 Å². The smallest absolute Gasteiger partial charge is 0.258 e. The first-order valence-electron chi connectivity index (χ1n) is 8.99. The fourth-order valence-corrected chi connectivity index (χ4v) is 3.71. The molecule has 0 fully saturated rings. The molecule has 0 saturated carbocycles. The molecule has 0 spiro atoms. The Kier molecular flexibility index (Phi) is 5.20. The predicted octanol–water partition coefficient (Wildman–Crippen LogP) is 5.28. The summed E-state index contributed by atoms with van der Waals surface area (Å²) in [6.07, 6.45) is 3.59. The highest BCUT2D eigenvalue weighted by molar-refractivity contribution is 7.11. The molecule has 30 heavy (non-hydrogen) atoms. The van der Waals surface area contributed by atoms with E-state index in [-0.39, 0.29) is 5.69 Å². The van der Waals surface area contributed by atoms with Gasteiger partial charge in [-0.15, -0.1) is 11.3 Å². The first-order chi connectivity index (χ1) is 14.5. The fraction of sp³-hybridized carbons (Fsp3) is 0.0455. The Labute approximate surface area is 176 Å². The third kappa shape index (κ3) is 3.87. The molecule has 2 heterocycles. The van der Waals surface area contributed by atoms with Crippen molar-refractivity contribution < 1.29 is 4.92 Å². The first kappa shape index (κ1) is 19.2. The predicted molar refractivity (Wildman–Crippen MR) is 116 cm³/mol. The number of aryl methyl sites for hydroxylation is 1. The van der Waals surface area contributed by atoms with Gasteiger partial charge in [0.05, 0.1) is 21.9 Å². The highest BCUT2D eigenvalue weighted by Crippen LogP contribution is 2.29. The molecule has 0 atom stereocenters. The van der Waals surface area contributed by atoms with Gasteiger partial charge in [0.15, 0.2) is 0 Å². The molecule has 0 aliphatic carbocycles. The van der Waals surface area contributed by atoms with E-state index in [9.17, 15) is 15.4 Å². The lowest BCUT2D eigenvalue weighted by molar-refractivity contribution is -0.384. The zero-order valence-corrected chi connectivity index (χ0v) is 16.7. The Balaban J connectivity index is 1.85. The largest absolute Gasteiger partial charge is 0.269 e. The van der Waals surface area contributed by atoms with Crippen molar-refractivity contribution >= 4 is 28.7 Å². The Bertz CT molecular complexity index is 1280. The summed E-state index contributed by atoms with van der Waals surface area (Å²) in [5.74, 6) is 0. The lowest BCUT2D eigenvalue weighted by Crippen LogP contribution is -1.94. The standard InChI is InChI=1S/C22H15N5O2S/c1-15-14-30-22(24-15)17(12-23)11-18-13-26(19-5-3-2-4-6-19)25-21(18)16-7-9-20(10-8-16)27(28)29/h2-11,13-14H,1H3/b17-11+. The zero-order valence-electron chi connectivity index (χ0n) is 15.9. The average Bonchev–Trinajstić information content (AvgIpc) is 3.39. The summed E-state index contributed by atoms with van der Waals surface area (Å²) < 4.78 is 1.73. The quantitative estimate of drug-likeness (QED) is 0.252. The third-order valence-corrected chi connectivity index (χ3v) is 5.38. The normalized spacial score (nSPS) is 11.3. The second-order valence-corrected chi connectivity index (χ2v) is 7.34.